The second-order valence-electron chi connectivity index (χ2n) is 6.39. The lowest BCUT2D eigenvalue weighted by atomic mass is 9.85. The van der Waals surface area contributed by atoms with Crippen LogP contribution in [0.4, 0.5) is 0 Å². The van der Waals surface area contributed by atoms with E-state index in [0.717, 1.165) is 6.42 Å². The minimum absolute atomic E-state index is 0.0248. The summed E-state index contributed by atoms with van der Waals surface area (Å²) in [5.74, 6) is 0.556. The first kappa shape index (κ1) is 12.7. The third-order valence-electron chi connectivity index (χ3n) is 5.27. The fraction of sp³-hybridized carbons (Fsp3) is 0.875. The Kier molecular flexibility index (Phi) is 4.05. The van der Waals surface area contributed by atoms with Crippen LogP contribution in [-0.4, -0.2) is 34.7 Å². The molecular weight excluding hydrogens is 222 g/mol. The Labute approximate surface area is 111 Å². The third-order valence-corrected chi connectivity index (χ3v) is 5.27. The number of hydrogen-bond donors (Lipinski definition) is 1. The molecule has 1 heterocycles. The van der Waals surface area contributed by atoms with E-state index in [2.05, 4.69) is 17.1 Å². The maximum Gasteiger partial charge on any atom is 0.0583 e. The Morgan fingerprint density at radius 3 is 2.61 bits per heavy atom. The van der Waals surface area contributed by atoms with Crippen LogP contribution in [0.1, 0.15) is 57.8 Å². The molecule has 3 rings (SSSR count). The lowest BCUT2D eigenvalue weighted by molar-refractivity contribution is 0.0188. The first-order chi connectivity index (χ1) is 8.86. The quantitative estimate of drug-likeness (QED) is 0.760. The summed E-state index contributed by atoms with van der Waals surface area (Å²) < 4.78 is 0. The van der Waals surface area contributed by atoms with Crippen molar-refractivity contribution in [2.45, 2.75) is 76.0 Å². The maximum atomic E-state index is 10.2. The van der Waals surface area contributed by atoms with Crippen LogP contribution in [0, 0.1) is 5.92 Å². The standard InChI is InChI=1S/C16H27NO/c18-16-11-6-9-14(16)15-10-4-5-12-17(15)13-7-2-1-3-8-13/h2,7,13-16,18H,1,3-6,8-12H2. The highest BCUT2D eigenvalue weighted by Crippen LogP contribution is 2.37. The zero-order chi connectivity index (χ0) is 12.4. The van der Waals surface area contributed by atoms with Gasteiger partial charge in [0.25, 0.3) is 0 Å². The highest BCUT2D eigenvalue weighted by Gasteiger charge is 2.38. The van der Waals surface area contributed by atoms with Crippen molar-refractivity contribution in [2.24, 2.45) is 5.92 Å². The van der Waals surface area contributed by atoms with Crippen LogP contribution in [0.25, 0.3) is 0 Å². The molecule has 0 bridgehead atoms. The summed E-state index contributed by atoms with van der Waals surface area (Å²) in [5, 5.41) is 10.2. The van der Waals surface area contributed by atoms with Crippen LogP contribution in [0.15, 0.2) is 12.2 Å². The van der Waals surface area contributed by atoms with E-state index in [0.29, 0.717) is 18.0 Å². The molecule has 0 spiro atoms. The molecule has 1 saturated carbocycles. The summed E-state index contributed by atoms with van der Waals surface area (Å²) in [7, 11) is 0. The zero-order valence-electron chi connectivity index (χ0n) is 11.4. The van der Waals surface area contributed by atoms with Gasteiger partial charge >= 0.3 is 0 Å². The summed E-state index contributed by atoms with van der Waals surface area (Å²) in [6.45, 7) is 1.25. The molecule has 2 heteroatoms. The lowest BCUT2D eigenvalue weighted by Gasteiger charge is -2.44. The number of aliphatic hydroxyl groups excluding tert-OH is 1. The van der Waals surface area contributed by atoms with Crippen molar-refractivity contribution in [3.8, 4) is 0 Å². The topological polar surface area (TPSA) is 23.5 Å². The van der Waals surface area contributed by atoms with Crippen molar-refractivity contribution in [1.82, 2.24) is 4.90 Å². The molecule has 2 fully saturated rings. The van der Waals surface area contributed by atoms with Crippen molar-refractivity contribution < 1.29 is 5.11 Å². The first-order valence-electron chi connectivity index (χ1n) is 7.97. The Bertz CT molecular complexity index is 301. The van der Waals surface area contributed by atoms with Crippen LogP contribution >= 0.6 is 0 Å². The summed E-state index contributed by atoms with van der Waals surface area (Å²) in [5.41, 5.74) is 0. The molecule has 0 aromatic heterocycles. The van der Waals surface area contributed by atoms with Gasteiger partial charge in [0.1, 0.15) is 0 Å². The van der Waals surface area contributed by atoms with Crippen LogP contribution in [-0.2, 0) is 0 Å². The largest absolute Gasteiger partial charge is 0.393 e. The van der Waals surface area contributed by atoms with Crippen molar-refractivity contribution in [1.29, 1.82) is 0 Å². The molecule has 2 nitrogen and oxygen atoms in total. The van der Waals surface area contributed by atoms with E-state index in [4.69, 9.17) is 0 Å². The Hall–Kier alpha value is -0.340. The van der Waals surface area contributed by atoms with Gasteiger partial charge in [0, 0.05) is 18.0 Å². The molecule has 0 radical (unpaired) electrons. The smallest absolute Gasteiger partial charge is 0.0583 e. The van der Waals surface area contributed by atoms with Gasteiger partial charge in [0.2, 0.25) is 0 Å². The second kappa shape index (κ2) is 5.75. The monoisotopic (exact) mass is 249 g/mol. The lowest BCUT2D eigenvalue weighted by Crippen LogP contribution is -2.50. The van der Waals surface area contributed by atoms with Crippen LogP contribution in [0.5, 0.6) is 0 Å². The Morgan fingerprint density at radius 1 is 0.944 bits per heavy atom. The highest BCUT2D eigenvalue weighted by atomic mass is 16.3. The van der Waals surface area contributed by atoms with E-state index >= 15 is 0 Å². The molecule has 18 heavy (non-hydrogen) atoms. The molecule has 1 aliphatic heterocycles. The van der Waals surface area contributed by atoms with Crippen molar-refractivity contribution in [3.05, 3.63) is 12.2 Å². The van der Waals surface area contributed by atoms with Gasteiger partial charge in [-0.3, -0.25) is 4.90 Å². The summed E-state index contributed by atoms with van der Waals surface area (Å²) in [4.78, 5) is 2.73. The zero-order valence-corrected chi connectivity index (χ0v) is 11.4. The second-order valence-corrected chi connectivity index (χ2v) is 6.39. The Morgan fingerprint density at radius 2 is 1.89 bits per heavy atom. The molecule has 1 N–H and O–H groups in total. The Balaban J connectivity index is 1.72. The number of rotatable bonds is 2. The minimum atomic E-state index is -0.0248. The third kappa shape index (κ3) is 2.50. The van der Waals surface area contributed by atoms with E-state index in [-0.39, 0.29) is 6.10 Å². The van der Waals surface area contributed by atoms with Gasteiger partial charge in [0.15, 0.2) is 0 Å². The summed E-state index contributed by atoms with van der Waals surface area (Å²) in [6, 6.07) is 1.32. The van der Waals surface area contributed by atoms with Crippen LogP contribution in [0.2, 0.25) is 0 Å². The molecule has 4 unspecified atom stereocenters. The number of piperidine rings is 1. The van der Waals surface area contributed by atoms with Crippen molar-refractivity contribution in [3.63, 3.8) is 0 Å². The van der Waals surface area contributed by atoms with Crippen molar-refractivity contribution >= 4 is 0 Å². The number of likely N-dealkylation sites (tertiary alicyclic amines) is 1. The van der Waals surface area contributed by atoms with E-state index in [1.54, 1.807) is 0 Å². The maximum absolute atomic E-state index is 10.2. The fourth-order valence-corrected chi connectivity index (χ4v) is 4.34. The number of nitrogens with zero attached hydrogens (tertiary/aromatic N) is 1. The normalized spacial score (nSPS) is 42.3. The van der Waals surface area contributed by atoms with Gasteiger partial charge in [-0.15, -0.1) is 0 Å². The van der Waals surface area contributed by atoms with Crippen LogP contribution < -0.4 is 0 Å². The van der Waals surface area contributed by atoms with E-state index in [1.165, 1.54) is 57.9 Å². The minimum Gasteiger partial charge on any atom is -0.393 e. The predicted molar refractivity (Wildman–Crippen MR) is 74.5 cm³/mol. The average Bonchev–Trinajstić information content (AvgIpc) is 2.86. The molecule has 0 aromatic rings. The number of aliphatic hydroxyl groups is 1. The SMILES string of the molecule is OC1CCCC1C1CCCCN1C1C=CCCC1. The molecule has 102 valence electrons. The van der Waals surface area contributed by atoms with E-state index in [9.17, 15) is 5.11 Å². The number of allylic oxidation sites excluding steroid dienone is 1. The molecular formula is C16H27NO. The van der Waals surface area contributed by atoms with E-state index < -0.39 is 0 Å². The summed E-state index contributed by atoms with van der Waals surface area (Å²) >= 11 is 0. The van der Waals surface area contributed by atoms with Gasteiger partial charge < -0.3 is 5.11 Å². The highest BCUT2D eigenvalue weighted by molar-refractivity contribution is 5.02. The molecule has 3 aliphatic rings. The fourth-order valence-electron chi connectivity index (χ4n) is 4.34. The molecule has 4 atom stereocenters. The van der Waals surface area contributed by atoms with Gasteiger partial charge in [-0.05, 0) is 51.5 Å². The first-order valence-corrected chi connectivity index (χ1v) is 7.97. The number of hydrogen-bond acceptors (Lipinski definition) is 2. The predicted octanol–water partition coefficient (Wildman–Crippen LogP) is 3.11. The van der Waals surface area contributed by atoms with Gasteiger partial charge in [-0.1, -0.05) is 25.0 Å². The van der Waals surface area contributed by atoms with Gasteiger partial charge in [0.05, 0.1) is 6.10 Å². The molecule has 0 aromatic carbocycles. The summed E-state index contributed by atoms with van der Waals surface area (Å²) in [6.07, 6.45) is 16.3. The van der Waals surface area contributed by atoms with Crippen molar-refractivity contribution in [2.75, 3.05) is 6.54 Å². The van der Waals surface area contributed by atoms with Gasteiger partial charge in [-0.2, -0.15) is 0 Å². The van der Waals surface area contributed by atoms with Crippen LogP contribution in [0.3, 0.4) is 0 Å². The average molecular weight is 249 g/mol. The van der Waals surface area contributed by atoms with E-state index in [1.807, 2.05) is 0 Å². The molecule has 0 amide bonds. The molecule has 2 aliphatic carbocycles. The molecule has 1 saturated heterocycles. The van der Waals surface area contributed by atoms with Gasteiger partial charge in [-0.25, -0.2) is 0 Å².